The van der Waals surface area contributed by atoms with Crippen LogP contribution < -0.4 is 4.74 Å². The Morgan fingerprint density at radius 2 is 1.86 bits per heavy atom. The first-order valence-corrected chi connectivity index (χ1v) is 9.94. The minimum absolute atomic E-state index is 0.514. The quantitative estimate of drug-likeness (QED) is 0.363. The predicted molar refractivity (Wildman–Crippen MR) is 114 cm³/mol. The molecule has 0 N–H and O–H groups in total. The lowest BCUT2D eigenvalue weighted by molar-refractivity contribution is 0.304. The summed E-state index contributed by atoms with van der Waals surface area (Å²) < 4.78 is 13.9. The van der Waals surface area contributed by atoms with Gasteiger partial charge in [-0.1, -0.05) is 41.9 Å². The van der Waals surface area contributed by atoms with E-state index in [2.05, 4.69) is 4.98 Å². The molecule has 4 rings (SSSR count). The summed E-state index contributed by atoms with van der Waals surface area (Å²) in [4.78, 5) is 9.00. The van der Waals surface area contributed by atoms with Crippen molar-refractivity contribution in [3.05, 3.63) is 83.1 Å². The summed E-state index contributed by atoms with van der Waals surface area (Å²) in [5.41, 5.74) is 2.92. The first-order chi connectivity index (χ1) is 14.1. The average molecular weight is 408 g/mol. The maximum atomic E-state index is 6.12. The van der Waals surface area contributed by atoms with Gasteiger partial charge < -0.3 is 9.15 Å². The van der Waals surface area contributed by atoms with E-state index in [-0.39, 0.29) is 0 Å². The van der Waals surface area contributed by atoms with Gasteiger partial charge in [-0.25, -0.2) is 4.98 Å². The molecule has 0 spiro atoms. The molecule has 0 saturated heterocycles. The van der Waals surface area contributed by atoms with Gasteiger partial charge in [0, 0.05) is 29.4 Å². The Morgan fingerprint density at radius 3 is 2.59 bits per heavy atom. The van der Waals surface area contributed by atoms with Crippen molar-refractivity contribution in [2.24, 2.45) is 0 Å². The zero-order chi connectivity index (χ0) is 20.2. The van der Waals surface area contributed by atoms with Crippen molar-refractivity contribution in [2.75, 3.05) is 6.61 Å². The zero-order valence-electron chi connectivity index (χ0n) is 16.4. The summed E-state index contributed by atoms with van der Waals surface area (Å²) in [6.07, 6.45) is 5.10. The summed E-state index contributed by atoms with van der Waals surface area (Å²) >= 11 is 6.05. The van der Waals surface area contributed by atoms with Gasteiger partial charge in [0.05, 0.1) is 6.61 Å². The number of hydrogen-bond donors (Lipinski definition) is 0. The molecule has 2 aromatic carbocycles. The number of benzene rings is 2. The standard InChI is InChI=1S/C23H22ClN3O2/c1-16-6-3-4-7-20(16)28-15-5-8-21-22(18-9-11-19(24)12-10-18)26-23(29-21)27-14-13-25-17(27)2/h3-4,6-7,9-14H,5,8,15H2,1-2H3. The molecule has 0 bridgehead atoms. The zero-order valence-corrected chi connectivity index (χ0v) is 17.2. The molecule has 0 radical (unpaired) electrons. The van der Waals surface area contributed by atoms with Gasteiger partial charge in [-0.3, -0.25) is 4.57 Å². The molecule has 29 heavy (non-hydrogen) atoms. The fourth-order valence-electron chi connectivity index (χ4n) is 3.16. The van der Waals surface area contributed by atoms with Crippen LogP contribution in [-0.4, -0.2) is 21.1 Å². The molecule has 0 aliphatic rings. The van der Waals surface area contributed by atoms with Gasteiger partial charge in [0.25, 0.3) is 0 Å². The molecule has 6 heteroatoms. The molecule has 2 aromatic heterocycles. The third kappa shape index (κ3) is 4.35. The Bertz CT molecular complexity index is 1100. The molecule has 0 atom stereocenters. The molecular formula is C23H22ClN3O2. The Labute approximate surface area is 174 Å². The van der Waals surface area contributed by atoms with Gasteiger partial charge in [0.1, 0.15) is 23.0 Å². The third-order valence-corrected chi connectivity index (χ3v) is 4.99. The number of aromatic nitrogens is 3. The Kier molecular flexibility index (Phi) is 5.67. The summed E-state index contributed by atoms with van der Waals surface area (Å²) in [5.74, 6) is 2.56. The van der Waals surface area contributed by atoms with E-state index in [0.717, 1.165) is 40.6 Å². The second-order valence-electron chi connectivity index (χ2n) is 6.84. The molecule has 0 aliphatic heterocycles. The SMILES string of the molecule is Cc1ccccc1OCCCc1oc(-n2ccnc2C)nc1-c1ccc(Cl)cc1. The van der Waals surface area contributed by atoms with Crippen LogP contribution in [0.4, 0.5) is 0 Å². The highest BCUT2D eigenvalue weighted by atomic mass is 35.5. The van der Waals surface area contributed by atoms with Gasteiger partial charge in [0.15, 0.2) is 0 Å². The van der Waals surface area contributed by atoms with Crippen LogP contribution in [0.25, 0.3) is 17.3 Å². The Hall–Kier alpha value is -3.05. The van der Waals surface area contributed by atoms with Crippen LogP contribution in [0, 0.1) is 13.8 Å². The molecule has 0 fully saturated rings. The number of rotatable bonds is 7. The summed E-state index contributed by atoms with van der Waals surface area (Å²) in [6, 6.07) is 16.2. The van der Waals surface area contributed by atoms with E-state index in [1.807, 2.05) is 73.1 Å². The van der Waals surface area contributed by atoms with Gasteiger partial charge in [-0.15, -0.1) is 0 Å². The number of hydrogen-bond acceptors (Lipinski definition) is 4. The molecule has 0 saturated carbocycles. The highest BCUT2D eigenvalue weighted by Crippen LogP contribution is 2.28. The van der Waals surface area contributed by atoms with Gasteiger partial charge in [0.2, 0.25) is 0 Å². The Morgan fingerprint density at radius 1 is 1.07 bits per heavy atom. The number of imidazole rings is 1. The summed E-state index contributed by atoms with van der Waals surface area (Å²) in [5, 5.41) is 0.691. The third-order valence-electron chi connectivity index (χ3n) is 4.73. The highest BCUT2D eigenvalue weighted by molar-refractivity contribution is 6.30. The molecule has 5 nitrogen and oxygen atoms in total. The van der Waals surface area contributed by atoms with Crippen molar-refractivity contribution >= 4 is 11.6 Å². The maximum absolute atomic E-state index is 6.12. The van der Waals surface area contributed by atoms with Gasteiger partial charge in [-0.05, 0) is 44.0 Å². The van der Waals surface area contributed by atoms with Gasteiger partial charge >= 0.3 is 6.01 Å². The fourth-order valence-corrected chi connectivity index (χ4v) is 3.28. The van der Waals surface area contributed by atoms with Crippen molar-refractivity contribution in [3.8, 4) is 23.0 Å². The van der Waals surface area contributed by atoms with Crippen LogP contribution in [0.2, 0.25) is 5.02 Å². The number of aryl methyl sites for hydroxylation is 3. The summed E-state index contributed by atoms with van der Waals surface area (Å²) in [6.45, 7) is 4.57. The minimum atomic E-state index is 0.514. The van der Waals surface area contributed by atoms with Crippen molar-refractivity contribution in [1.29, 1.82) is 0 Å². The van der Waals surface area contributed by atoms with E-state index in [1.54, 1.807) is 6.20 Å². The second-order valence-corrected chi connectivity index (χ2v) is 7.27. The van der Waals surface area contributed by atoms with E-state index in [1.165, 1.54) is 0 Å². The minimum Gasteiger partial charge on any atom is -0.493 e. The average Bonchev–Trinajstić information content (AvgIpc) is 3.33. The lowest BCUT2D eigenvalue weighted by atomic mass is 10.1. The topological polar surface area (TPSA) is 53.1 Å². The van der Waals surface area contributed by atoms with Gasteiger partial charge in [-0.2, -0.15) is 4.98 Å². The van der Waals surface area contributed by atoms with Crippen LogP contribution in [-0.2, 0) is 6.42 Å². The lowest BCUT2D eigenvalue weighted by Crippen LogP contribution is -2.00. The van der Waals surface area contributed by atoms with Crippen LogP contribution in [0.15, 0.2) is 65.3 Å². The smallest absolute Gasteiger partial charge is 0.307 e. The second kappa shape index (κ2) is 8.53. The molecule has 0 amide bonds. The number of para-hydroxylation sites is 1. The van der Waals surface area contributed by atoms with Crippen LogP contribution in [0.5, 0.6) is 5.75 Å². The molecule has 4 aromatic rings. The maximum Gasteiger partial charge on any atom is 0.307 e. The fraction of sp³-hybridized carbons (Fsp3) is 0.217. The van der Waals surface area contributed by atoms with Crippen molar-refractivity contribution in [1.82, 2.24) is 14.5 Å². The van der Waals surface area contributed by atoms with E-state index >= 15 is 0 Å². The van der Waals surface area contributed by atoms with Crippen LogP contribution in [0.3, 0.4) is 0 Å². The Balaban J connectivity index is 1.54. The number of oxazole rings is 1. The first-order valence-electron chi connectivity index (χ1n) is 9.56. The first kappa shape index (κ1) is 19.3. The largest absolute Gasteiger partial charge is 0.493 e. The molecule has 0 aliphatic carbocycles. The molecule has 2 heterocycles. The number of ether oxygens (including phenoxy) is 1. The molecule has 148 valence electrons. The van der Waals surface area contributed by atoms with E-state index < -0.39 is 0 Å². The highest BCUT2D eigenvalue weighted by Gasteiger charge is 2.17. The van der Waals surface area contributed by atoms with Crippen molar-refractivity contribution in [2.45, 2.75) is 26.7 Å². The van der Waals surface area contributed by atoms with Crippen LogP contribution >= 0.6 is 11.6 Å². The van der Waals surface area contributed by atoms with E-state index in [4.69, 9.17) is 25.7 Å². The lowest BCUT2D eigenvalue weighted by Gasteiger charge is -2.08. The normalized spacial score (nSPS) is 11.0. The van der Waals surface area contributed by atoms with Crippen molar-refractivity contribution < 1.29 is 9.15 Å². The van der Waals surface area contributed by atoms with E-state index in [0.29, 0.717) is 24.1 Å². The predicted octanol–water partition coefficient (Wildman–Crippen LogP) is 5.81. The molecule has 0 unspecified atom stereocenters. The van der Waals surface area contributed by atoms with Crippen molar-refractivity contribution in [3.63, 3.8) is 0 Å². The number of nitrogens with zero attached hydrogens (tertiary/aromatic N) is 3. The number of halogens is 1. The molecular weight excluding hydrogens is 386 g/mol. The van der Waals surface area contributed by atoms with E-state index in [9.17, 15) is 0 Å². The van der Waals surface area contributed by atoms with Crippen LogP contribution in [0.1, 0.15) is 23.6 Å². The monoisotopic (exact) mass is 407 g/mol. The summed E-state index contributed by atoms with van der Waals surface area (Å²) in [7, 11) is 0.